The number of ether oxygens (including phenoxy) is 1. The molecular weight excluding hydrogens is 238 g/mol. The fraction of sp³-hybridized carbons (Fsp3) is 0.600. The van der Waals surface area contributed by atoms with Crippen LogP contribution in [0.5, 0.6) is 5.75 Å². The summed E-state index contributed by atoms with van der Waals surface area (Å²) in [5.41, 5.74) is 6.56. The second kappa shape index (κ2) is 7.36. The number of hydrogen-bond donors (Lipinski definition) is 1. The molecule has 0 aromatic heterocycles. The Hall–Kier alpha value is -1.26. The van der Waals surface area contributed by atoms with Crippen molar-refractivity contribution in [2.45, 2.75) is 12.8 Å². The van der Waals surface area contributed by atoms with E-state index >= 15 is 0 Å². The highest BCUT2D eigenvalue weighted by Gasteiger charge is 2.11. The maximum absolute atomic E-state index is 5.84. The van der Waals surface area contributed by atoms with E-state index in [2.05, 4.69) is 16.8 Å². The third kappa shape index (κ3) is 4.73. The van der Waals surface area contributed by atoms with Crippen LogP contribution in [0.1, 0.15) is 12.8 Å². The van der Waals surface area contributed by atoms with Crippen molar-refractivity contribution in [2.75, 3.05) is 52.1 Å². The maximum atomic E-state index is 5.84. The molecule has 4 heteroatoms. The Kier molecular flexibility index (Phi) is 5.48. The Labute approximate surface area is 116 Å². The molecule has 0 spiro atoms. The molecule has 2 rings (SSSR count). The van der Waals surface area contributed by atoms with Gasteiger partial charge >= 0.3 is 0 Å². The van der Waals surface area contributed by atoms with Gasteiger partial charge in [0, 0.05) is 19.6 Å². The lowest BCUT2D eigenvalue weighted by Gasteiger charge is -2.20. The molecule has 19 heavy (non-hydrogen) atoms. The van der Waals surface area contributed by atoms with Crippen LogP contribution in [0.2, 0.25) is 0 Å². The highest BCUT2D eigenvalue weighted by molar-refractivity contribution is 5.51. The molecule has 1 aliphatic heterocycles. The number of rotatable bonds is 5. The third-order valence-electron chi connectivity index (χ3n) is 3.61. The summed E-state index contributed by atoms with van der Waals surface area (Å²) in [6.07, 6.45) is 2.32. The van der Waals surface area contributed by atoms with Crippen LogP contribution in [0.3, 0.4) is 0 Å². The first-order chi connectivity index (χ1) is 9.25. The van der Waals surface area contributed by atoms with Crippen molar-refractivity contribution in [3.05, 3.63) is 24.3 Å². The SMILES string of the molecule is CN1CCCN(CCCOc2ccccc2N)CC1. The summed E-state index contributed by atoms with van der Waals surface area (Å²) >= 11 is 0. The zero-order valence-electron chi connectivity index (χ0n) is 11.8. The van der Waals surface area contributed by atoms with Crippen molar-refractivity contribution in [3.8, 4) is 5.75 Å². The molecule has 0 amide bonds. The Morgan fingerprint density at radius 2 is 2.00 bits per heavy atom. The Morgan fingerprint density at radius 1 is 1.16 bits per heavy atom. The Bertz CT molecular complexity index is 383. The predicted octanol–water partition coefficient (Wildman–Crippen LogP) is 1.68. The van der Waals surface area contributed by atoms with E-state index in [0.717, 1.165) is 31.0 Å². The van der Waals surface area contributed by atoms with Gasteiger partial charge in [0.05, 0.1) is 12.3 Å². The third-order valence-corrected chi connectivity index (χ3v) is 3.61. The van der Waals surface area contributed by atoms with Crippen LogP contribution in [0.25, 0.3) is 0 Å². The predicted molar refractivity (Wildman–Crippen MR) is 79.5 cm³/mol. The van der Waals surface area contributed by atoms with Crippen LogP contribution in [-0.4, -0.2) is 56.2 Å². The molecule has 0 bridgehead atoms. The largest absolute Gasteiger partial charge is 0.491 e. The molecule has 2 N–H and O–H groups in total. The van der Waals surface area contributed by atoms with E-state index in [1.54, 1.807) is 0 Å². The summed E-state index contributed by atoms with van der Waals surface area (Å²) in [4.78, 5) is 4.93. The summed E-state index contributed by atoms with van der Waals surface area (Å²) in [5.74, 6) is 0.804. The van der Waals surface area contributed by atoms with Gasteiger partial charge in [-0.15, -0.1) is 0 Å². The molecule has 0 radical (unpaired) electrons. The summed E-state index contributed by atoms with van der Waals surface area (Å²) < 4.78 is 5.72. The van der Waals surface area contributed by atoms with Crippen molar-refractivity contribution in [2.24, 2.45) is 0 Å². The normalized spacial score (nSPS) is 18.2. The van der Waals surface area contributed by atoms with E-state index in [-0.39, 0.29) is 0 Å². The van der Waals surface area contributed by atoms with Gasteiger partial charge < -0.3 is 20.3 Å². The van der Waals surface area contributed by atoms with Gasteiger partial charge in [0.25, 0.3) is 0 Å². The summed E-state index contributed by atoms with van der Waals surface area (Å²) in [6, 6.07) is 7.68. The zero-order chi connectivity index (χ0) is 13.5. The number of para-hydroxylation sites is 2. The quantitative estimate of drug-likeness (QED) is 0.648. The van der Waals surface area contributed by atoms with E-state index in [0.29, 0.717) is 0 Å². The van der Waals surface area contributed by atoms with Crippen molar-refractivity contribution in [3.63, 3.8) is 0 Å². The molecular formula is C15H25N3O. The van der Waals surface area contributed by atoms with Crippen LogP contribution in [0.4, 0.5) is 5.69 Å². The van der Waals surface area contributed by atoms with Gasteiger partial charge in [0.2, 0.25) is 0 Å². The number of hydrogen-bond acceptors (Lipinski definition) is 4. The first kappa shape index (κ1) is 14.2. The van der Waals surface area contributed by atoms with Crippen LogP contribution in [-0.2, 0) is 0 Å². The highest BCUT2D eigenvalue weighted by Crippen LogP contribution is 2.19. The number of likely N-dealkylation sites (N-methyl/N-ethyl adjacent to an activating group) is 1. The average molecular weight is 263 g/mol. The van der Waals surface area contributed by atoms with Gasteiger partial charge in [-0.25, -0.2) is 0 Å². The Balaban J connectivity index is 1.65. The van der Waals surface area contributed by atoms with E-state index in [9.17, 15) is 0 Å². The van der Waals surface area contributed by atoms with Crippen LogP contribution >= 0.6 is 0 Å². The van der Waals surface area contributed by atoms with Gasteiger partial charge in [-0.3, -0.25) is 0 Å². The minimum atomic E-state index is 0.721. The second-order valence-electron chi connectivity index (χ2n) is 5.24. The Morgan fingerprint density at radius 3 is 2.84 bits per heavy atom. The van der Waals surface area contributed by atoms with Gasteiger partial charge in [0.15, 0.2) is 0 Å². The molecule has 0 atom stereocenters. The van der Waals surface area contributed by atoms with Gasteiger partial charge in [-0.05, 0) is 45.1 Å². The smallest absolute Gasteiger partial charge is 0.142 e. The number of benzene rings is 1. The molecule has 1 saturated heterocycles. The van der Waals surface area contributed by atoms with Gasteiger partial charge in [-0.2, -0.15) is 0 Å². The van der Waals surface area contributed by atoms with E-state index in [4.69, 9.17) is 10.5 Å². The van der Waals surface area contributed by atoms with Crippen LogP contribution < -0.4 is 10.5 Å². The van der Waals surface area contributed by atoms with Gasteiger partial charge in [0.1, 0.15) is 5.75 Å². The molecule has 0 unspecified atom stereocenters. The van der Waals surface area contributed by atoms with Gasteiger partial charge in [-0.1, -0.05) is 12.1 Å². The minimum absolute atomic E-state index is 0.721. The standard InChI is InChI=1S/C15H25N3O/c1-17-8-4-9-18(12-11-17)10-5-13-19-15-7-3-2-6-14(15)16/h2-3,6-7H,4-5,8-13,16H2,1H3. The highest BCUT2D eigenvalue weighted by atomic mass is 16.5. The summed E-state index contributed by atoms with van der Waals surface area (Å²) in [7, 11) is 2.20. The van der Waals surface area contributed by atoms with Crippen molar-refractivity contribution in [1.82, 2.24) is 9.80 Å². The van der Waals surface area contributed by atoms with Crippen molar-refractivity contribution in [1.29, 1.82) is 0 Å². The monoisotopic (exact) mass is 263 g/mol. The molecule has 4 nitrogen and oxygen atoms in total. The number of nitrogen functional groups attached to an aromatic ring is 1. The zero-order valence-corrected chi connectivity index (χ0v) is 11.8. The average Bonchev–Trinajstić information content (AvgIpc) is 2.61. The lowest BCUT2D eigenvalue weighted by atomic mass is 10.3. The van der Waals surface area contributed by atoms with E-state index < -0.39 is 0 Å². The van der Waals surface area contributed by atoms with Crippen molar-refractivity contribution >= 4 is 5.69 Å². The minimum Gasteiger partial charge on any atom is -0.491 e. The number of nitrogens with zero attached hydrogens (tertiary/aromatic N) is 2. The molecule has 1 aliphatic rings. The molecule has 0 aliphatic carbocycles. The molecule has 1 aromatic rings. The molecule has 0 saturated carbocycles. The second-order valence-corrected chi connectivity index (χ2v) is 5.24. The molecule has 1 aromatic carbocycles. The topological polar surface area (TPSA) is 41.7 Å². The fourth-order valence-electron chi connectivity index (χ4n) is 2.41. The summed E-state index contributed by atoms with van der Waals surface area (Å²) in [6.45, 7) is 6.61. The van der Waals surface area contributed by atoms with Crippen LogP contribution in [0, 0.1) is 0 Å². The molecule has 1 fully saturated rings. The first-order valence-electron chi connectivity index (χ1n) is 7.14. The number of nitrogens with two attached hydrogens (primary N) is 1. The first-order valence-corrected chi connectivity index (χ1v) is 7.14. The van der Waals surface area contributed by atoms with E-state index in [1.807, 2.05) is 24.3 Å². The number of anilines is 1. The van der Waals surface area contributed by atoms with Crippen molar-refractivity contribution < 1.29 is 4.74 Å². The summed E-state index contributed by atoms with van der Waals surface area (Å²) in [5, 5.41) is 0. The maximum Gasteiger partial charge on any atom is 0.142 e. The lowest BCUT2D eigenvalue weighted by Crippen LogP contribution is -2.30. The van der Waals surface area contributed by atoms with E-state index in [1.165, 1.54) is 32.6 Å². The fourth-order valence-corrected chi connectivity index (χ4v) is 2.41. The molecule has 106 valence electrons. The van der Waals surface area contributed by atoms with Crippen LogP contribution in [0.15, 0.2) is 24.3 Å². The lowest BCUT2D eigenvalue weighted by molar-refractivity contribution is 0.238. The molecule has 1 heterocycles.